The normalized spacial score (nSPS) is 11.2. The lowest BCUT2D eigenvalue weighted by Crippen LogP contribution is -2.34. The SMILES string of the molecule is COc1cc(F)ccc1-c1ccncc1N(C)C(=O)c1cc(B(O)O)cc(C(F)(F)F)c1. The average molecular weight is 448 g/mol. The molecule has 11 heteroatoms. The Balaban J connectivity index is 2.09. The van der Waals surface area contributed by atoms with E-state index in [2.05, 4.69) is 4.98 Å². The molecule has 0 saturated carbocycles. The minimum atomic E-state index is -4.81. The summed E-state index contributed by atoms with van der Waals surface area (Å²) in [4.78, 5) is 18.1. The van der Waals surface area contributed by atoms with Crippen LogP contribution in [0.25, 0.3) is 11.1 Å². The van der Waals surface area contributed by atoms with Gasteiger partial charge in [0.2, 0.25) is 0 Å². The van der Waals surface area contributed by atoms with E-state index >= 15 is 0 Å². The van der Waals surface area contributed by atoms with Crippen LogP contribution in [-0.2, 0) is 6.18 Å². The predicted molar refractivity (Wildman–Crippen MR) is 110 cm³/mol. The molecule has 0 atom stereocenters. The van der Waals surface area contributed by atoms with Gasteiger partial charge in [0.15, 0.2) is 0 Å². The number of alkyl halides is 3. The molecule has 1 aromatic heterocycles. The topological polar surface area (TPSA) is 82.9 Å². The number of hydrogen-bond donors (Lipinski definition) is 2. The van der Waals surface area contributed by atoms with Gasteiger partial charge >= 0.3 is 13.3 Å². The number of benzene rings is 2. The fourth-order valence-electron chi connectivity index (χ4n) is 3.16. The third-order valence-corrected chi connectivity index (χ3v) is 4.75. The summed E-state index contributed by atoms with van der Waals surface area (Å²) in [5, 5.41) is 18.7. The summed E-state index contributed by atoms with van der Waals surface area (Å²) in [6.45, 7) is 0. The van der Waals surface area contributed by atoms with Crippen LogP contribution in [0.2, 0.25) is 0 Å². The van der Waals surface area contributed by atoms with E-state index in [9.17, 15) is 32.4 Å². The molecule has 166 valence electrons. The van der Waals surface area contributed by atoms with Crippen molar-refractivity contribution in [3.63, 3.8) is 0 Å². The van der Waals surface area contributed by atoms with Crippen LogP contribution in [0.1, 0.15) is 15.9 Å². The number of pyridine rings is 1. The standard InChI is InChI=1S/C21H17BF4N2O4/c1-28(20(29)12-7-13(21(24,25)26)9-14(8-12)22(30)31)18-11-27-6-5-16(18)17-4-3-15(23)10-19(17)32-2/h3-11,30-31H,1-2H3. The van der Waals surface area contributed by atoms with Crippen molar-refractivity contribution in [1.29, 1.82) is 0 Å². The summed E-state index contributed by atoms with van der Waals surface area (Å²) in [6.07, 6.45) is -2.05. The Labute approximate surface area is 180 Å². The van der Waals surface area contributed by atoms with E-state index in [4.69, 9.17) is 4.74 Å². The molecule has 0 bridgehead atoms. The molecule has 3 aromatic rings. The lowest BCUT2D eigenvalue weighted by atomic mass is 9.78. The number of hydrogen-bond acceptors (Lipinski definition) is 5. The van der Waals surface area contributed by atoms with E-state index in [0.29, 0.717) is 23.3 Å². The van der Waals surface area contributed by atoms with Crippen LogP contribution in [0.5, 0.6) is 5.75 Å². The summed E-state index contributed by atoms with van der Waals surface area (Å²) in [5.41, 5.74) is -1.03. The van der Waals surface area contributed by atoms with Crippen LogP contribution in [0.3, 0.4) is 0 Å². The molecule has 32 heavy (non-hydrogen) atoms. The van der Waals surface area contributed by atoms with Crippen LogP contribution < -0.4 is 15.1 Å². The van der Waals surface area contributed by atoms with Crippen molar-refractivity contribution in [2.45, 2.75) is 6.18 Å². The zero-order valence-electron chi connectivity index (χ0n) is 16.9. The van der Waals surface area contributed by atoms with E-state index in [0.717, 1.165) is 17.0 Å². The summed E-state index contributed by atoms with van der Waals surface area (Å²) >= 11 is 0. The van der Waals surface area contributed by atoms with Crippen molar-refractivity contribution >= 4 is 24.2 Å². The number of amides is 1. The number of anilines is 1. The van der Waals surface area contributed by atoms with Gasteiger partial charge in [0.05, 0.1) is 24.6 Å². The molecule has 1 heterocycles. The number of halogens is 4. The largest absolute Gasteiger partial charge is 0.496 e. The molecule has 1 amide bonds. The average Bonchev–Trinajstić information content (AvgIpc) is 2.77. The van der Waals surface area contributed by atoms with Gasteiger partial charge in [-0.05, 0) is 35.8 Å². The lowest BCUT2D eigenvalue weighted by molar-refractivity contribution is -0.137. The highest BCUT2D eigenvalue weighted by Gasteiger charge is 2.33. The van der Waals surface area contributed by atoms with Gasteiger partial charge < -0.3 is 19.7 Å². The molecule has 6 nitrogen and oxygen atoms in total. The number of aromatic nitrogens is 1. The first kappa shape index (κ1) is 23.2. The Morgan fingerprint density at radius 1 is 1.09 bits per heavy atom. The van der Waals surface area contributed by atoms with Crippen LogP contribution >= 0.6 is 0 Å². The fourth-order valence-corrected chi connectivity index (χ4v) is 3.16. The molecular weight excluding hydrogens is 431 g/mol. The Bertz CT molecular complexity index is 1150. The molecule has 0 saturated heterocycles. The Kier molecular flexibility index (Phi) is 6.51. The zero-order chi connectivity index (χ0) is 23.6. The molecule has 3 rings (SSSR count). The first-order chi connectivity index (χ1) is 15.0. The van der Waals surface area contributed by atoms with Crippen molar-refractivity contribution in [3.8, 4) is 16.9 Å². The summed E-state index contributed by atoms with van der Waals surface area (Å²) in [5.74, 6) is -1.21. The predicted octanol–water partition coefficient (Wildman–Crippen LogP) is 2.87. The summed E-state index contributed by atoms with van der Waals surface area (Å²) < 4.78 is 58.6. The number of nitrogens with zero attached hydrogens (tertiary/aromatic N) is 2. The van der Waals surface area contributed by atoms with Crippen LogP contribution in [0.4, 0.5) is 23.2 Å². The van der Waals surface area contributed by atoms with Crippen molar-refractivity contribution in [1.82, 2.24) is 4.98 Å². The number of rotatable bonds is 5. The van der Waals surface area contributed by atoms with E-state index < -0.39 is 41.6 Å². The number of carbonyl (C=O) groups is 1. The minimum Gasteiger partial charge on any atom is -0.496 e. The lowest BCUT2D eigenvalue weighted by Gasteiger charge is -2.22. The van der Waals surface area contributed by atoms with Crippen LogP contribution in [0, 0.1) is 5.82 Å². The summed E-state index contributed by atoms with van der Waals surface area (Å²) in [6, 6.07) is 7.49. The Morgan fingerprint density at radius 3 is 2.44 bits per heavy atom. The minimum absolute atomic E-state index is 0.183. The van der Waals surface area contributed by atoms with Gasteiger partial charge in [-0.2, -0.15) is 13.2 Å². The molecule has 2 N–H and O–H groups in total. The Morgan fingerprint density at radius 2 is 1.81 bits per heavy atom. The third kappa shape index (κ3) is 4.73. The molecule has 0 aliphatic rings. The molecule has 0 radical (unpaired) electrons. The fraction of sp³-hybridized carbons (Fsp3) is 0.143. The maximum Gasteiger partial charge on any atom is 0.488 e. The van der Waals surface area contributed by atoms with Crippen molar-refractivity contribution in [3.05, 3.63) is 71.8 Å². The molecule has 2 aromatic carbocycles. The number of carbonyl (C=O) groups excluding carboxylic acids is 1. The van der Waals surface area contributed by atoms with E-state index in [-0.39, 0.29) is 11.4 Å². The van der Waals surface area contributed by atoms with Gasteiger partial charge in [0.1, 0.15) is 11.6 Å². The van der Waals surface area contributed by atoms with E-state index in [1.54, 1.807) is 6.07 Å². The number of ether oxygens (including phenoxy) is 1. The van der Waals surface area contributed by atoms with Crippen molar-refractivity contribution < 1.29 is 37.1 Å². The van der Waals surface area contributed by atoms with Crippen molar-refractivity contribution in [2.75, 3.05) is 19.1 Å². The van der Waals surface area contributed by atoms with E-state index in [1.165, 1.54) is 38.7 Å². The molecule has 0 unspecified atom stereocenters. The van der Waals surface area contributed by atoms with Gasteiger partial charge in [-0.25, -0.2) is 4.39 Å². The zero-order valence-corrected chi connectivity index (χ0v) is 16.9. The molecule has 0 aliphatic heterocycles. The van der Waals surface area contributed by atoms with Gasteiger partial charge in [-0.15, -0.1) is 0 Å². The Hall–Kier alpha value is -3.44. The maximum atomic E-state index is 13.6. The molecule has 0 fully saturated rings. The molecule has 0 aliphatic carbocycles. The smallest absolute Gasteiger partial charge is 0.488 e. The highest BCUT2D eigenvalue weighted by atomic mass is 19.4. The first-order valence-corrected chi connectivity index (χ1v) is 9.17. The highest BCUT2D eigenvalue weighted by Crippen LogP contribution is 2.37. The second-order valence-corrected chi connectivity index (χ2v) is 6.82. The van der Waals surface area contributed by atoms with Gasteiger partial charge in [0.25, 0.3) is 5.91 Å². The second-order valence-electron chi connectivity index (χ2n) is 6.82. The van der Waals surface area contributed by atoms with E-state index in [1.807, 2.05) is 0 Å². The quantitative estimate of drug-likeness (QED) is 0.464. The van der Waals surface area contributed by atoms with Crippen LogP contribution in [0.15, 0.2) is 54.9 Å². The van der Waals surface area contributed by atoms with Gasteiger partial charge in [-0.1, -0.05) is 6.07 Å². The van der Waals surface area contributed by atoms with Gasteiger partial charge in [-0.3, -0.25) is 9.78 Å². The van der Waals surface area contributed by atoms with Crippen LogP contribution in [-0.4, -0.2) is 42.2 Å². The maximum absolute atomic E-state index is 13.6. The molecule has 0 spiro atoms. The monoisotopic (exact) mass is 448 g/mol. The third-order valence-electron chi connectivity index (χ3n) is 4.75. The van der Waals surface area contributed by atoms with Crippen molar-refractivity contribution in [2.24, 2.45) is 0 Å². The number of methoxy groups -OCH3 is 1. The molecular formula is C21H17BF4N2O4. The van der Waals surface area contributed by atoms with Gasteiger partial charge in [0, 0.05) is 36.0 Å². The summed E-state index contributed by atoms with van der Waals surface area (Å²) in [7, 11) is 0.471. The highest BCUT2D eigenvalue weighted by molar-refractivity contribution is 6.58. The first-order valence-electron chi connectivity index (χ1n) is 9.17. The second kappa shape index (κ2) is 8.97.